The number of carbonyl (C=O) groups excluding carboxylic acids is 1. The topological polar surface area (TPSA) is 80.6 Å². The predicted octanol–water partition coefficient (Wildman–Crippen LogP) is 4.46. The summed E-state index contributed by atoms with van der Waals surface area (Å²) in [7, 11) is 0. The van der Waals surface area contributed by atoms with Crippen molar-refractivity contribution in [1.29, 1.82) is 5.26 Å². The Bertz CT molecular complexity index is 825. The summed E-state index contributed by atoms with van der Waals surface area (Å²) in [5.41, 5.74) is 1.95. The van der Waals surface area contributed by atoms with Crippen LogP contribution in [-0.4, -0.2) is 25.3 Å². The Morgan fingerprint density at radius 3 is 2.36 bits per heavy atom. The smallest absolute Gasteiger partial charge is 0.333 e. The van der Waals surface area contributed by atoms with Crippen molar-refractivity contribution in [3.05, 3.63) is 53.6 Å². The van der Waals surface area contributed by atoms with Gasteiger partial charge in [0.05, 0.1) is 31.0 Å². The first kappa shape index (κ1) is 21.1. The molecule has 148 valence electrons. The maximum Gasteiger partial charge on any atom is 0.333 e. The molecule has 2 aromatic rings. The van der Waals surface area contributed by atoms with E-state index in [-0.39, 0.29) is 12.7 Å². The third kappa shape index (κ3) is 5.65. The van der Waals surface area contributed by atoms with Crippen LogP contribution in [0.1, 0.15) is 44.9 Å². The van der Waals surface area contributed by atoms with E-state index < -0.39 is 12.0 Å². The summed E-state index contributed by atoms with van der Waals surface area (Å²) in [6, 6.07) is 13.7. The minimum atomic E-state index is -0.722. The van der Waals surface area contributed by atoms with Gasteiger partial charge in [0, 0.05) is 5.69 Å². The summed E-state index contributed by atoms with van der Waals surface area (Å²) in [5.74, 6) is 0.804. The third-order valence-corrected chi connectivity index (χ3v) is 3.81. The Morgan fingerprint density at radius 2 is 1.79 bits per heavy atom. The molecule has 0 saturated heterocycles. The van der Waals surface area contributed by atoms with Crippen molar-refractivity contribution in [2.24, 2.45) is 0 Å². The van der Waals surface area contributed by atoms with Crippen LogP contribution in [0.25, 0.3) is 0 Å². The molecule has 1 N–H and O–H groups in total. The van der Waals surface area contributed by atoms with Gasteiger partial charge in [-0.05, 0) is 69.7 Å². The third-order valence-electron chi connectivity index (χ3n) is 3.81. The number of esters is 1. The highest BCUT2D eigenvalue weighted by atomic mass is 16.5. The fourth-order valence-corrected chi connectivity index (χ4v) is 2.64. The molecule has 2 rings (SSSR count). The largest absolute Gasteiger partial charge is 0.490 e. The van der Waals surface area contributed by atoms with Crippen molar-refractivity contribution in [3.63, 3.8) is 0 Å². The van der Waals surface area contributed by atoms with Crippen LogP contribution in [0.4, 0.5) is 5.69 Å². The molecule has 6 heteroatoms. The second kappa shape index (κ2) is 10.2. The van der Waals surface area contributed by atoms with E-state index in [9.17, 15) is 4.79 Å². The van der Waals surface area contributed by atoms with Gasteiger partial charge in [-0.25, -0.2) is 4.79 Å². The van der Waals surface area contributed by atoms with E-state index in [4.69, 9.17) is 19.5 Å². The Hall–Kier alpha value is -3.20. The Kier molecular flexibility index (Phi) is 7.70. The average molecular weight is 382 g/mol. The monoisotopic (exact) mass is 382 g/mol. The van der Waals surface area contributed by atoms with Gasteiger partial charge in [0.25, 0.3) is 0 Å². The van der Waals surface area contributed by atoms with Crippen molar-refractivity contribution in [2.45, 2.75) is 39.8 Å². The molecule has 0 aromatic heterocycles. The number of hydrogen-bond donors (Lipinski definition) is 1. The van der Waals surface area contributed by atoms with Gasteiger partial charge < -0.3 is 19.5 Å². The van der Waals surface area contributed by atoms with Crippen molar-refractivity contribution < 1.29 is 19.0 Å². The molecule has 0 fully saturated rings. The maximum atomic E-state index is 12.6. The summed E-state index contributed by atoms with van der Waals surface area (Å²) in [4.78, 5) is 12.6. The molecule has 1 unspecified atom stereocenters. The van der Waals surface area contributed by atoms with Crippen molar-refractivity contribution in [3.8, 4) is 17.6 Å². The highest BCUT2D eigenvalue weighted by molar-refractivity contribution is 5.81. The normalized spacial score (nSPS) is 11.4. The molecule has 2 aromatic carbocycles. The number of carbonyl (C=O) groups is 1. The number of nitrogens with zero attached hydrogens (tertiary/aromatic N) is 1. The van der Waals surface area contributed by atoms with Crippen molar-refractivity contribution in [2.75, 3.05) is 18.5 Å². The molecule has 0 spiro atoms. The average Bonchev–Trinajstić information content (AvgIpc) is 2.68. The van der Waals surface area contributed by atoms with Gasteiger partial charge in [0.15, 0.2) is 17.5 Å². The molecule has 0 saturated carbocycles. The van der Waals surface area contributed by atoms with Crippen molar-refractivity contribution in [1.82, 2.24) is 0 Å². The van der Waals surface area contributed by atoms with Crippen LogP contribution in [0.2, 0.25) is 0 Å². The fraction of sp³-hybridized carbons (Fsp3) is 0.364. The van der Waals surface area contributed by atoms with E-state index in [1.54, 1.807) is 43.3 Å². The number of ether oxygens (including phenoxy) is 3. The first-order valence-corrected chi connectivity index (χ1v) is 9.35. The number of benzene rings is 2. The van der Waals surface area contributed by atoms with Crippen LogP contribution in [0, 0.1) is 11.3 Å². The molecule has 0 aliphatic rings. The van der Waals surface area contributed by atoms with Crippen LogP contribution >= 0.6 is 0 Å². The molecule has 6 nitrogen and oxygen atoms in total. The van der Waals surface area contributed by atoms with Crippen LogP contribution in [0.3, 0.4) is 0 Å². The van der Waals surface area contributed by atoms with E-state index in [2.05, 4.69) is 11.4 Å². The van der Waals surface area contributed by atoms with Crippen molar-refractivity contribution >= 4 is 11.7 Å². The zero-order chi connectivity index (χ0) is 20.5. The minimum absolute atomic E-state index is 0.00248. The summed E-state index contributed by atoms with van der Waals surface area (Å²) in [6.45, 7) is 8.29. The van der Waals surface area contributed by atoms with Crippen LogP contribution in [0.5, 0.6) is 11.5 Å². The fourth-order valence-electron chi connectivity index (χ4n) is 2.64. The first-order chi connectivity index (χ1) is 13.5. The number of hydrogen-bond acceptors (Lipinski definition) is 6. The second-order valence-corrected chi connectivity index (χ2v) is 6.32. The quantitative estimate of drug-likeness (QED) is 0.645. The first-order valence-electron chi connectivity index (χ1n) is 9.35. The highest BCUT2D eigenvalue weighted by Gasteiger charge is 2.24. The summed E-state index contributed by atoms with van der Waals surface area (Å²) >= 11 is 0. The molecule has 0 amide bonds. The molecule has 0 bridgehead atoms. The lowest BCUT2D eigenvalue weighted by atomic mass is 10.1. The Morgan fingerprint density at radius 1 is 1.07 bits per heavy atom. The van der Waals surface area contributed by atoms with E-state index in [0.29, 0.717) is 34.9 Å². The van der Waals surface area contributed by atoms with Gasteiger partial charge in [-0.3, -0.25) is 0 Å². The molecule has 0 aliphatic carbocycles. The van der Waals surface area contributed by atoms with E-state index in [0.717, 1.165) is 0 Å². The standard InChI is InChI=1S/C22H26N2O4/c1-5-26-20-13-17(9-12-19(20)28-15(3)4)21(22(25)27-6-2)24-18-10-7-16(14-23)8-11-18/h7-13,15,21,24H,5-6H2,1-4H3. The van der Waals surface area contributed by atoms with Crippen LogP contribution in [-0.2, 0) is 9.53 Å². The summed E-state index contributed by atoms with van der Waals surface area (Å²) < 4.78 is 16.7. The zero-order valence-electron chi connectivity index (χ0n) is 16.7. The summed E-state index contributed by atoms with van der Waals surface area (Å²) in [5, 5.41) is 12.1. The molecule has 0 heterocycles. The van der Waals surface area contributed by atoms with Gasteiger partial charge in [0.2, 0.25) is 0 Å². The Balaban J connectivity index is 2.37. The SMILES string of the molecule is CCOC(=O)C(Nc1ccc(C#N)cc1)c1ccc(OC(C)C)c(OCC)c1. The lowest BCUT2D eigenvalue weighted by Gasteiger charge is -2.21. The van der Waals surface area contributed by atoms with Crippen LogP contribution < -0.4 is 14.8 Å². The molecule has 0 aliphatic heterocycles. The Labute approximate surface area is 166 Å². The van der Waals surface area contributed by atoms with Gasteiger partial charge in [-0.15, -0.1) is 0 Å². The van der Waals surface area contributed by atoms with E-state index >= 15 is 0 Å². The second-order valence-electron chi connectivity index (χ2n) is 6.32. The lowest BCUT2D eigenvalue weighted by Crippen LogP contribution is -2.23. The molecule has 1 atom stereocenters. The van der Waals surface area contributed by atoms with Crippen LogP contribution in [0.15, 0.2) is 42.5 Å². The van der Waals surface area contributed by atoms with E-state index in [1.807, 2.05) is 26.8 Å². The molecular formula is C22H26N2O4. The van der Waals surface area contributed by atoms with Gasteiger partial charge in [-0.1, -0.05) is 6.07 Å². The predicted molar refractivity (Wildman–Crippen MR) is 108 cm³/mol. The lowest BCUT2D eigenvalue weighted by molar-refractivity contribution is -0.144. The summed E-state index contributed by atoms with van der Waals surface area (Å²) in [6.07, 6.45) is 0.00248. The highest BCUT2D eigenvalue weighted by Crippen LogP contribution is 2.33. The van der Waals surface area contributed by atoms with Gasteiger partial charge in [0.1, 0.15) is 0 Å². The van der Waals surface area contributed by atoms with E-state index in [1.165, 1.54) is 0 Å². The van der Waals surface area contributed by atoms with Gasteiger partial charge >= 0.3 is 5.97 Å². The molecular weight excluding hydrogens is 356 g/mol. The number of anilines is 1. The maximum absolute atomic E-state index is 12.6. The molecule has 28 heavy (non-hydrogen) atoms. The number of nitrogens with one attached hydrogen (secondary N) is 1. The van der Waals surface area contributed by atoms with Gasteiger partial charge in [-0.2, -0.15) is 5.26 Å². The molecule has 0 radical (unpaired) electrons. The zero-order valence-corrected chi connectivity index (χ0v) is 16.7. The minimum Gasteiger partial charge on any atom is -0.490 e. The number of nitriles is 1. The number of rotatable bonds is 9.